The van der Waals surface area contributed by atoms with Gasteiger partial charge in [0.15, 0.2) is 0 Å². The van der Waals surface area contributed by atoms with Crippen LogP contribution in [0.2, 0.25) is 0 Å². The van der Waals surface area contributed by atoms with Crippen LogP contribution in [0.15, 0.2) is 0 Å². The SMILES string of the molecule is CCCCC(CC)C1NC(CO)(CO)CO1. The third-order valence-corrected chi connectivity index (χ3v) is 3.47. The van der Waals surface area contributed by atoms with Gasteiger partial charge in [-0.05, 0) is 18.8 Å². The number of hydrogen-bond donors (Lipinski definition) is 3. The number of unbranched alkanes of at least 4 members (excludes halogenated alkanes) is 1. The second-order valence-electron chi connectivity index (χ2n) is 4.78. The third kappa shape index (κ3) is 3.17. The van der Waals surface area contributed by atoms with Gasteiger partial charge in [-0.2, -0.15) is 0 Å². The lowest BCUT2D eigenvalue weighted by Gasteiger charge is -2.26. The molecule has 0 aromatic rings. The lowest BCUT2D eigenvalue weighted by Crippen LogP contribution is -2.52. The summed E-state index contributed by atoms with van der Waals surface area (Å²) in [5.74, 6) is 0.472. The monoisotopic (exact) mass is 231 g/mol. The maximum absolute atomic E-state index is 9.26. The van der Waals surface area contributed by atoms with Gasteiger partial charge in [0, 0.05) is 0 Å². The molecule has 0 aliphatic carbocycles. The Morgan fingerprint density at radius 1 is 1.38 bits per heavy atom. The van der Waals surface area contributed by atoms with Crippen LogP contribution in [-0.4, -0.2) is 41.8 Å². The normalized spacial score (nSPS) is 25.9. The molecule has 4 nitrogen and oxygen atoms in total. The highest BCUT2D eigenvalue weighted by atomic mass is 16.5. The van der Waals surface area contributed by atoms with Crippen molar-refractivity contribution < 1.29 is 14.9 Å². The van der Waals surface area contributed by atoms with Gasteiger partial charge in [0.2, 0.25) is 0 Å². The Kier molecular flexibility index (Phi) is 5.69. The minimum Gasteiger partial charge on any atom is -0.394 e. The van der Waals surface area contributed by atoms with Crippen LogP contribution in [-0.2, 0) is 4.74 Å². The molecule has 1 rings (SSSR count). The van der Waals surface area contributed by atoms with Crippen molar-refractivity contribution >= 4 is 0 Å². The highest BCUT2D eigenvalue weighted by Crippen LogP contribution is 2.25. The molecule has 0 aromatic heterocycles. The average molecular weight is 231 g/mol. The van der Waals surface area contributed by atoms with Gasteiger partial charge in [-0.15, -0.1) is 0 Å². The molecule has 1 heterocycles. The Balaban J connectivity index is 2.49. The fourth-order valence-electron chi connectivity index (χ4n) is 2.16. The Bertz CT molecular complexity index is 195. The molecule has 0 radical (unpaired) electrons. The summed E-state index contributed by atoms with van der Waals surface area (Å²) in [5, 5.41) is 21.8. The van der Waals surface area contributed by atoms with Crippen LogP contribution < -0.4 is 5.32 Å². The van der Waals surface area contributed by atoms with Gasteiger partial charge in [-0.25, -0.2) is 0 Å². The standard InChI is InChI=1S/C12H25NO3/c1-3-5-6-10(4-2)11-13-12(7-14,8-15)9-16-11/h10-11,13-15H,3-9H2,1-2H3. The molecular formula is C12H25NO3. The summed E-state index contributed by atoms with van der Waals surface area (Å²) in [6.45, 7) is 4.58. The van der Waals surface area contributed by atoms with Gasteiger partial charge in [0.05, 0.1) is 25.4 Å². The fraction of sp³-hybridized carbons (Fsp3) is 1.00. The van der Waals surface area contributed by atoms with Crippen LogP contribution in [0, 0.1) is 5.92 Å². The molecule has 16 heavy (non-hydrogen) atoms. The van der Waals surface area contributed by atoms with E-state index in [1.807, 2.05) is 0 Å². The molecule has 1 aliphatic rings. The highest BCUT2D eigenvalue weighted by molar-refractivity contribution is 4.94. The molecular weight excluding hydrogens is 206 g/mol. The van der Waals surface area contributed by atoms with E-state index in [-0.39, 0.29) is 19.4 Å². The van der Waals surface area contributed by atoms with Crippen molar-refractivity contribution in [1.29, 1.82) is 0 Å². The van der Waals surface area contributed by atoms with Crippen LogP contribution in [0.5, 0.6) is 0 Å². The lowest BCUT2D eigenvalue weighted by molar-refractivity contribution is 0.0419. The number of hydrogen-bond acceptors (Lipinski definition) is 4. The topological polar surface area (TPSA) is 61.7 Å². The summed E-state index contributed by atoms with van der Waals surface area (Å²) >= 11 is 0. The van der Waals surface area contributed by atoms with Crippen molar-refractivity contribution in [2.75, 3.05) is 19.8 Å². The molecule has 1 saturated heterocycles. The fourth-order valence-corrected chi connectivity index (χ4v) is 2.16. The predicted octanol–water partition coefficient (Wildman–Crippen LogP) is 0.872. The van der Waals surface area contributed by atoms with E-state index in [0.717, 1.165) is 12.8 Å². The second-order valence-corrected chi connectivity index (χ2v) is 4.78. The molecule has 1 fully saturated rings. The number of nitrogens with one attached hydrogen (secondary N) is 1. The quantitative estimate of drug-likeness (QED) is 0.608. The van der Waals surface area contributed by atoms with E-state index in [1.54, 1.807) is 0 Å². The van der Waals surface area contributed by atoms with Crippen molar-refractivity contribution in [3.63, 3.8) is 0 Å². The van der Waals surface area contributed by atoms with Crippen molar-refractivity contribution in [2.45, 2.75) is 51.3 Å². The molecule has 0 saturated carbocycles. The van der Waals surface area contributed by atoms with E-state index in [1.165, 1.54) is 12.8 Å². The maximum Gasteiger partial charge on any atom is 0.111 e. The number of rotatable bonds is 7. The van der Waals surface area contributed by atoms with Crippen LogP contribution in [0.3, 0.4) is 0 Å². The van der Waals surface area contributed by atoms with E-state index in [9.17, 15) is 10.2 Å². The Morgan fingerprint density at radius 2 is 2.06 bits per heavy atom. The zero-order valence-electron chi connectivity index (χ0n) is 10.4. The lowest BCUT2D eigenvalue weighted by atomic mass is 9.96. The average Bonchev–Trinajstić information content (AvgIpc) is 2.75. The minimum atomic E-state index is -0.635. The van der Waals surface area contributed by atoms with E-state index < -0.39 is 5.54 Å². The Morgan fingerprint density at radius 3 is 2.50 bits per heavy atom. The number of ether oxygens (including phenoxy) is 1. The summed E-state index contributed by atoms with van der Waals surface area (Å²) in [4.78, 5) is 0. The molecule has 3 N–H and O–H groups in total. The first kappa shape index (κ1) is 13.9. The van der Waals surface area contributed by atoms with Crippen molar-refractivity contribution in [1.82, 2.24) is 5.32 Å². The molecule has 96 valence electrons. The molecule has 1 aliphatic heterocycles. The van der Waals surface area contributed by atoms with Gasteiger partial charge in [-0.1, -0.05) is 26.7 Å². The molecule has 0 aromatic carbocycles. The van der Waals surface area contributed by atoms with Crippen molar-refractivity contribution in [2.24, 2.45) is 5.92 Å². The van der Waals surface area contributed by atoms with E-state index in [4.69, 9.17) is 4.74 Å². The van der Waals surface area contributed by atoms with Crippen molar-refractivity contribution in [3.05, 3.63) is 0 Å². The molecule has 2 atom stereocenters. The van der Waals surface area contributed by atoms with Crippen LogP contribution in [0.25, 0.3) is 0 Å². The Labute approximate surface area is 98.0 Å². The van der Waals surface area contributed by atoms with Gasteiger partial charge in [-0.3, -0.25) is 5.32 Å². The van der Waals surface area contributed by atoms with Gasteiger partial charge >= 0.3 is 0 Å². The van der Waals surface area contributed by atoms with Crippen LogP contribution in [0.1, 0.15) is 39.5 Å². The first-order valence-corrected chi connectivity index (χ1v) is 6.32. The van der Waals surface area contributed by atoms with E-state index in [0.29, 0.717) is 12.5 Å². The van der Waals surface area contributed by atoms with Crippen LogP contribution >= 0.6 is 0 Å². The summed E-state index contributed by atoms with van der Waals surface area (Å²) < 4.78 is 5.67. The van der Waals surface area contributed by atoms with E-state index in [2.05, 4.69) is 19.2 Å². The minimum absolute atomic E-state index is 0.0177. The molecule has 2 unspecified atom stereocenters. The zero-order valence-corrected chi connectivity index (χ0v) is 10.4. The summed E-state index contributed by atoms with van der Waals surface area (Å²) in [7, 11) is 0. The summed E-state index contributed by atoms with van der Waals surface area (Å²) in [5.41, 5.74) is -0.635. The highest BCUT2D eigenvalue weighted by Gasteiger charge is 2.40. The van der Waals surface area contributed by atoms with Crippen LogP contribution in [0.4, 0.5) is 0 Å². The molecule has 0 bridgehead atoms. The third-order valence-electron chi connectivity index (χ3n) is 3.47. The zero-order chi connectivity index (χ0) is 12.0. The Hall–Kier alpha value is -0.160. The second kappa shape index (κ2) is 6.55. The number of aliphatic hydroxyl groups excluding tert-OH is 2. The smallest absolute Gasteiger partial charge is 0.111 e. The van der Waals surface area contributed by atoms with Crippen molar-refractivity contribution in [3.8, 4) is 0 Å². The summed E-state index contributed by atoms with van der Waals surface area (Å²) in [6, 6.07) is 0. The molecule has 0 amide bonds. The van der Waals surface area contributed by atoms with Gasteiger partial charge in [0.1, 0.15) is 6.23 Å². The first-order valence-electron chi connectivity index (χ1n) is 6.32. The van der Waals surface area contributed by atoms with Gasteiger partial charge < -0.3 is 14.9 Å². The predicted molar refractivity (Wildman–Crippen MR) is 63.1 cm³/mol. The largest absolute Gasteiger partial charge is 0.394 e. The number of aliphatic hydroxyl groups is 2. The molecule has 0 spiro atoms. The first-order chi connectivity index (χ1) is 7.71. The van der Waals surface area contributed by atoms with Gasteiger partial charge in [0.25, 0.3) is 0 Å². The van der Waals surface area contributed by atoms with E-state index >= 15 is 0 Å². The maximum atomic E-state index is 9.26. The summed E-state index contributed by atoms with van der Waals surface area (Å²) in [6.07, 6.45) is 4.57. The molecule has 4 heteroatoms.